The van der Waals surface area contributed by atoms with Crippen LogP contribution in [0, 0.1) is 3.57 Å². The van der Waals surface area contributed by atoms with Crippen LogP contribution in [0.5, 0.6) is 11.5 Å². The van der Waals surface area contributed by atoms with Crippen molar-refractivity contribution < 1.29 is 19.4 Å². The van der Waals surface area contributed by atoms with Gasteiger partial charge in [0.15, 0.2) is 11.5 Å². The third-order valence-electron chi connectivity index (χ3n) is 3.81. The molecule has 3 amide bonds. The van der Waals surface area contributed by atoms with Crippen LogP contribution < -0.4 is 10.1 Å². The molecule has 0 saturated carbocycles. The highest BCUT2D eigenvalue weighted by molar-refractivity contribution is 14.1. The van der Waals surface area contributed by atoms with Gasteiger partial charge in [0, 0.05) is 0 Å². The lowest BCUT2D eigenvalue weighted by molar-refractivity contribution is -0.123. The number of aromatic hydroxyl groups is 1. The molecule has 1 aliphatic rings. The minimum Gasteiger partial charge on any atom is -0.504 e. The second-order valence-corrected chi connectivity index (χ2v) is 6.81. The fourth-order valence-electron chi connectivity index (χ4n) is 2.59. The molecule has 0 radical (unpaired) electrons. The number of carbonyl (C=O) groups excluding carboxylic acids is 2. The molecule has 0 aliphatic carbocycles. The number of imide groups is 1. The van der Waals surface area contributed by atoms with E-state index in [-0.39, 0.29) is 23.9 Å². The van der Waals surface area contributed by atoms with E-state index >= 15 is 0 Å². The van der Waals surface area contributed by atoms with Gasteiger partial charge in [-0.15, -0.1) is 0 Å². The predicted octanol–water partition coefficient (Wildman–Crippen LogP) is 3.49. The van der Waals surface area contributed by atoms with Crippen molar-refractivity contribution in [1.82, 2.24) is 10.2 Å². The zero-order valence-electron chi connectivity index (χ0n) is 14.0. The van der Waals surface area contributed by atoms with Crippen molar-refractivity contribution >= 4 is 40.6 Å². The van der Waals surface area contributed by atoms with E-state index in [1.807, 2.05) is 59.8 Å². The average Bonchev–Trinajstić information content (AvgIpc) is 2.88. The van der Waals surface area contributed by atoms with E-state index in [2.05, 4.69) is 5.32 Å². The first-order chi connectivity index (χ1) is 12.5. The molecule has 3 rings (SSSR count). The van der Waals surface area contributed by atoms with Gasteiger partial charge in [-0.2, -0.15) is 0 Å². The van der Waals surface area contributed by atoms with E-state index in [1.165, 1.54) is 0 Å². The smallest absolute Gasteiger partial charge is 0.329 e. The molecule has 26 heavy (non-hydrogen) atoms. The van der Waals surface area contributed by atoms with Gasteiger partial charge >= 0.3 is 6.03 Å². The molecule has 1 heterocycles. The third kappa shape index (κ3) is 3.82. The van der Waals surface area contributed by atoms with Gasteiger partial charge in [0.1, 0.15) is 5.70 Å². The Morgan fingerprint density at radius 3 is 2.65 bits per heavy atom. The normalized spacial score (nSPS) is 15.5. The maximum atomic E-state index is 12.6. The van der Waals surface area contributed by atoms with Crippen molar-refractivity contribution in [3.8, 4) is 11.5 Å². The van der Waals surface area contributed by atoms with Crippen LogP contribution in [0.25, 0.3) is 6.08 Å². The minimum absolute atomic E-state index is 0.0575. The fraction of sp³-hybridized carbons (Fsp3) is 0.158. The molecule has 1 aliphatic heterocycles. The molecule has 134 valence electrons. The summed E-state index contributed by atoms with van der Waals surface area (Å²) < 4.78 is 6.00. The average molecular weight is 464 g/mol. The number of carbonyl (C=O) groups is 2. The van der Waals surface area contributed by atoms with Crippen molar-refractivity contribution in [2.45, 2.75) is 13.5 Å². The number of nitrogens with one attached hydrogen (secondary N) is 1. The molecule has 1 saturated heterocycles. The molecule has 0 unspecified atom stereocenters. The summed E-state index contributed by atoms with van der Waals surface area (Å²) in [5.41, 5.74) is 1.71. The zero-order valence-corrected chi connectivity index (χ0v) is 16.2. The highest BCUT2D eigenvalue weighted by atomic mass is 127. The van der Waals surface area contributed by atoms with Gasteiger partial charge < -0.3 is 15.2 Å². The summed E-state index contributed by atoms with van der Waals surface area (Å²) in [5, 5.41) is 12.6. The van der Waals surface area contributed by atoms with Crippen LogP contribution in [0.4, 0.5) is 4.79 Å². The quantitative estimate of drug-likeness (QED) is 0.404. The lowest BCUT2D eigenvalue weighted by Crippen LogP contribution is -2.30. The van der Waals surface area contributed by atoms with Gasteiger partial charge in [-0.1, -0.05) is 30.3 Å². The van der Waals surface area contributed by atoms with Crippen LogP contribution in [0.1, 0.15) is 18.1 Å². The van der Waals surface area contributed by atoms with Crippen LogP contribution in [0.2, 0.25) is 0 Å². The van der Waals surface area contributed by atoms with Gasteiger partial charge in [0.05, 0.1) is 16.7 Å². The monoisotopic (exact) mass is 464 g/mol. The Morgan fingerprint density at radius 1 is 1.23 bits per heavy atom. The van der Waals surface area contributed by atoms with Gasteiger partial charge in [-0.05, 0) is 58.9 Å². The second-order valence-electron chi connectivity index (χ2n) is 5.65. The molecule has 0 aromatic heterocycles. The number of nitrogens with zero attached hydrogens (tertiary/aromatic N) is 1. The molecule has 1 fully saturated rings. The Labute approximate surface area is 164 Å². The van der Waals surface area contributed by atoms with Gasteiger partial charge in [0.2, 0.25) is 0 Å². The number of hydrogen-bond acceptors (Lipinski definition) is 4. The Hall–Kier alpha value is -2.55. The molecular formula is C19H17IN2O4. The molecule has 2 N–H and O–H groups in total. The Morgan fingerprint density at radius 2 is 1.96 bits per heavy atom. The first kappa shape index (κ1) is 18.2. The fourth-order valence-corrected chi connectivity index (χ4v) is 3.22. The number of rotatable bonds is 5. The number of hydrogen-bond donors (Lipinski definition) is 2. The summed E-state index contributed by atoms with van der Waals surface area (Å²) in [7, 11) is 0. The molecule has 0 spiro atoms. The highest BCUT2D eigenvalue weighted by Gasteiger charge is 2.33. The summed E-state index contributed by atoms with van der Waals surface area (Å²) in [5.74, 6) is 0.00569. The largest absolute Gasteiger partial charge is 0.504 e. The summed E-state index contributed by atoms with van der Waals surface area (Å²) in [6, 6.07) is 12.2. The van der Waals surface area contributed by atoms with Crippen LogP contribution in [0.15, 0.2) is 48.2 Å². The molecule has 2 aromatic rings. The van der Waals surface area contributed by atoms with Crippen LogP contribution in [0.3, 0.4) is 0 Å². The lowest BCUT2D eigenvalue weighted by atomic mass is 10.1. The summed E-state index contributed by atoms with van der Waals surface area (Å²) in [4.78, 5) is 25.9. The molecule has 6 nitrogen and oxygen atoms in total. The van der Waals surface area contributed by atoms with Gasteiger partial charge in [0.25, 0.3) is 5.91 Å². The maximum absolute atomic E-state index is 12.6. The van der Waals surface area contributed by atoms with E-state index < -0.39 is 6.03 Å². The number of urea groups is 1. The molecule has 2 aromatic carbocycles. The predicted molar refractivity (Wildman–Crippen MR) is 105 cm³/mol. The van der Waals surface area contributed by atoms with Crippen molar-refractivity contribution in [1.29, 1.82) is 0 Å². The summed E-state index contributed by atoms with van der Waals surface area (Å²) in [6.45, 7) is 2.43. The second kappa shape index (κ2) is 7.77. The number of phenols is 1. The van der Waals surface area contributed by atoms with E-state index in [0.717, 1.165) is 10.5 Å². The number of benzene rings is 2. The number of amides is 3. The van der Waals surface area contributed by atoms with E-state index in [0.29, 0.717) is 21.5 Å². The van der Waals surface area contributed by atoms with Crippen LogP contribution in [-0.2, 0) is 11.3 Å². The van der Waals surface area contributed by atoms with Crippen molar-refractivity contribution in [3.05, 3.63) is 62.9 Å². The van der Waals surface area contributed by atoms with Crippen LogP contribution >= 0.6 is 22.6 Å². The third-order valence-corrected chi connectivity index (χ3v) is 4.63. The number of halogens is 1. The van der Waals surface area contributed by atoms with Crippen molar-refractivity contribution in [2.75, 3.05) is 6.61 Å². The van der Waals surface area contributed by atoms with Gasteiger partial charge in [-0.3, -0.25) is 9.69 Å². The summed E-state index contributed by atoms with van der Waals surface area (Å²) in [6.07, 6.45) is 1.58. The molecule has 0 atom stereocenters. The van der Waals surface area contributed by atoms with Crippen LogP contribution in [-0.4, -0.2) is 28.6 Å². The number of ether oxygens (including phenoxy) is 1. The standard InChI is InChI=1S/C19H17IN2O4/c1-2-26-16-10-13(8-14(20)17(16)23)9-15-18(24)22(19(25)21-15)11-12-6-4-3-5-7-12/h3-10,23H,2,11H2,1H3,(H,21,25)/b15-9-. The Kier molecular flexibility index (Phi) is 5.46. The zero-order chi connectivity index (χ0) is 18.7. The van der Waals surface area contributed by atoms with E-state index in [4.69, 9.17) is 4.74 Å². The van der Waals surface area contributed by atoms with Crippen molar-refractivity contribution in [2.24, 2.45) is 0 Å². The molecular weight excluding hydrogens is 447 g/mol. The number of phenolic OH excluding ortho intramolecular Hbond substituents is 1. The highest BCUT2D eigenvalue weighted by Crippen LogP contribution is 2.33. The topological polar surface area (TPSA) is 78.9 Å². The first-order valence-corrected chi connectivity index (χ1v) is 9.11. The lowest BCUT2D eigenvalue weighted by Gasteiger charge is -2.11. The van der Waals surface area contributed by atoms with E-state index in [1.54, 1.807) is 18.2 Å². The van der Waals surface area contributed by atoms with Gasteiger partial charge in [-0.25, -0.2) is 4.79 Å². The summed E-state index contributed by atoms with van der Waals surface area (Å²) >= 11 is 1.99. The Bertz CT molecular complexity index is 881. The molecule has 0 bridgehead atoms. The molecule has 7 heteroatoms. The Balaban J connectivity index is 1.86. The van der Waals surface area contributed by atoms with Crippen molar-refractivity contribution in [3.63, 3.8) is 0 Å². The SMILES string of the molecule is CCOc1cc(/C=C2\NC(=O)N(Cc3ccccc3)C2=O)cc(I)c1O. The van der Waals surface area contributed by atoms with E-state index in [9.17, 15) is 14.7 Å². The minimum atomic E-state index is -0.455. The first-order valence-electron chi connectivity index (χ1n) is 8.03. The maximum Gasteiger partial charge on any atom is 0.329 e.